The molecule has 4 nitrogen and oxygen atoms in total. The van der Waals surface area contributed by atoms with Crippen molar-refractivity contribution in [3.8, 4) is 0 Å². The zero-order valence-electron chi connectivity index (χ0n) is 14.5. The van der Waals surface area contributed by atoms with E-state index in [1.807, 2.05) is 30.3 Å². The molecule has 2 aromatic carbocycles. The monoisotopic (exact) mass is 366 g/mol. The number of para-hydroxylation sites is 1. The fourth-order valence-electron chi connectivity index (χ4n) is 3.08. The van der Waals surface area contributed by atoms with E-state index in [4.69, 9.17) is 4.42 Å². The number of fused-ring (bicyclic) bond motifs is 1. The predicted molar refractivity (Wildman–Crippen MR) is 106 cm³/mol. The van der Waals surface area contributed by atoms with E-state index in [1.165, 1.54) is 5.56 Å². The van der Waals surface area contributed by atoms with Gasteiger partial charge in [0.25, 0.3) is 5.91 Å². The molecule has 1 amide bonds. The van der Waals surface area contributed by atoms with Gasteiger partial charge in [0.2, 0.25) is 0 Å². The molecule has 1 aliphatic rings. The molecule has 0 bridgehead atoms. The molecular formula is C21H22N2O2S. The Morgan fingerprint density at radius 1 is 1.08 bits per heavy atom. The van der Waals surface area contributed by atoms with Crippen LogP contribution in [0.5, 0.6) is 0 Å². The zero-order chi connectivity index (χ0) is 17.8. The molecule has 0 aliphatic carbocycles. The number of rotatable bonds is 7. The first kappa shape index (κ1) is 17.2. The average molecular weight is 366 g/mol. The lowest BCUT2D eigenvalue weighted by Crippen LogP contribution is -2.48. The molecule has 1 saturated heterocycles. The second kappa shape index (κ2) is 7.98. The van der Waals surface area contributed by atoms with Crippen molar-refractivity contribution in [2.45, 2.75) is 11.5 Å². The maximum absolute atomic E-state index is 12.7. The van der Waals surface area contributed by atoms with Gasteiger partial charge in [-0.05, 0) is 11.6 Å². The average Bonchev–Trinajstić information content (AvgIpc) is 3.00. The minimum Gasteiger partial charge on any atom is -0.451 e. The van der Waals surface area contributed by atoms with Crippen LogP contribution >= 0.6 is 11.8 Å². The maximum Gasteiger partial charge on any atom is 0.287 e. The number of thioether (sulfide) groups is 1. The minimum atomic E-state index is -0.108. The molecule has 5 heteroatoms. The van der Waals surface area contributed by atoms with Crippen LogP contribution in [0.4, 0.5) is 0 Å². The SMILES string of the molecule is O=C(NCC1CNC1)c1oc2ccccc2c1CSCc1ccccc1. The zero-order valence-corrected chi connectivity index (χ0v) is 15.4. The Hall–Kier alpha value is -2.24. The summed E-state index contributed by atoms with van der Waals surface area (Å²) in [7, 11) is 0. The van der Waals surface area contributed by atoms with Crippen LogP contribution in [-0.4, -0.2) is 25.5 Å². The number of amides is 1. The number of hydrogen-bond donors (Lipinski definition) is 2. The molecule has 26 heavy (non-hydrogen) atoms. The fraction of sp³-hybridized carbons (Fsp3) is 0.286. The fourth-order valence-corrected chi connectivity index (χ4v) is 4.10. The number of benzene rings is 2. The van der Waals surface area contributed by atoms with Crippen LogP contribution in [0.25, 0.3) is 11.0 Å². The van der Waals surface area contributed by atoms with Crippen LogP contribution in [0.2, 0.25) is 0 Å². The summed E-state index contributed by atoms with van der Waals surface area (Å²) in [4.78, 5) is 12.7. The van der Waals surface area contributed by atoms with Gasteiger partial charge >= 0.3 is 0 Å². The molecule has 4 rings (SSSR count). The third-order valence-corrected chi connectivity index (χ3v) is 5.71. The van der Waals surface area contributed by atoms with Gasteiger partial charge in [0.05, 0.1) is 0 Å². The number of hydrogen-bond acceptors (Lipinski definition) is 4. The lowest BCUT2D eigenvalue weighted by molar-refractivity contribution is 0.0915. The van der Waals surface area contributed by atoms with Gasteiger partial charge in [0.1, 0.15) is 5.58 Å². The van der Waals surface area contributed by atoms with Crippen LogP contribution in [0.15, 0.2) is 59.0 Å². The molecule has 1 aromatic heterocycles. The summed E-state index contributed by atoms with van der Waals surface area (Å²) < 4.78 is 5.91. The first-order chi connectivity index (χ1) is 12.8. The number of carbonyl (C=O) groups excluding carboxylic acids is 1. The van der Waals surface area contributed by atoms with Crippen molar-refractivity contribution in [2.75, 3.05) is 19.6 Å². The van der Waals surface area contributed by atoms with Crippen molar-refractivity contribution >= 4 is 28.6 Å². The summed E-state index contributed by atoms with van der Waals surface area (Å²) >= 11 is 1.80. The Labute approximate surface area is 157 Å². The number of furan rings is 1. The summed E-state index contributed by atoms with van der Waals surface area (Å²) in [5, 5.41) is 7.28. The van der Waals surface area contributed by atoms with E-state index in [0.29, 0.717) is 18.2 Å². The molecule has 0 radical (unpaired) electrons. The van der Waals surface area contributed by atoms with E-state index in [1.54, 1.807) is 11.8 Å². The normalized spacial score (nSPS) is 14.3. The molecule has 2 heterocycles. The van der Waals surface area contributed by atoms with Crippen molar-refractivity contribution in [1.82, 2.24) is 10.6 Å². The highest BCUT2D eigenvalue weighted by Gasteiger charge is 2.22. The van der Waals surface area contributed by atoms with Crippen molar-refractivity contribution in [1.29, 1.82) is 0 Å². The van der Waals surface area contributed by atoms with Crippen molar-refractivity contribution in [3.05, 3.63) is 71.5 Å². The molecular weight excluding hydrogens is 344 g/mol. The largest absolute Gasteiger partial charge is 0.451 e. The second-order valence-electron chi connectivity index (χ2n) is 6.62. The standard InChI is InChI=1S/C21H22N2O2S/c24-21(23-12-16-10-22-11-16)20-18(17-8-4-5-9-19(17)25-20)14-26-13-15-6-2-1-3-7-15/h1-9,16,22H,10-14H2,(H,23,24). The van der Waals surface area contributed by atoms with Gasteiger partial charge in [-0.2, -0.15) is 11.8 Å². The highest BCUT2D eigenvalue weighted by atomic mass is 32.2. The molecule has 3 aromatic rings. The molecule has 0 unspecified atom stereocenters. The van der Waals surface area contributed by atoms with Gasteiger partial charge in [-0.3, -0.25) is 4.79 Å². The Kier molecular flexibility index (Phi) is 5.27. The topological polar surface area (TPSA) is 54.3 Å². The van der Waals surface area contributed by atoms with Crippen LogP contribution in [0.1, 0.15) is 21.7 Å². The molecule has 2 N–H and O–H groups in total. The van der Waals surface area contributed by atoms with E-state index in [0.717, 1.165) is 41.1 Å². The highest BCUT2D eigenvalue weighted by Crippen LogP contribution is 2.30. The minimum absolute atomic E-state index is 0.108. The third-order valence-electron chi connectivity index (χ3n) is 4.68. The first-order valence-corrected chi connectivity index (χ1v) is 10.1. The van der Waals surface area contributed by atoms with Crippen LogP contribution in [0, 0.1) is 5.92 Å². The number of nitrogens with one attached hydrogen (secondary N) is 2. The van der Waals surface area contributed by atoms with Crippen LogP contribution < -0.4 is 10.6 Å². The summed E-state index contributed by atoms with van der Waals surface area (Å²) in [6.07, 6.45) is 0. The Balaban J connectivity index is 1.50. The molecule has 1 fully saturated rings. The molecule has 1 aliphatic heterocycles. The lowest BCUT2D eigenvalue weighted by Gasteiger charge is -2.26. The Bertz CT molecular complexity index is 887. The quantitative estimate of drug-likeness (QED) is 0.668. The Morgan fingerprint density at radius 3 is 2.62 bits per heavy atom. The van der Waals surface area contributed by atoms with E-state index < -0.39 is 0 Å². The van der Waals surface area contributed by atoms with Crippen molar-refractivity contribution in [2.24, 2.45) is 5.92 Å². The molecule has 134 valence electrons. The molecule has 0 saturated carbocycles. The van der Waals surface area contributed by atoms with E-state index >= 15 is 0 Å². The summed E-state index contributed by atoms with van der Waals surface area (Å²) in [5.41, 5.74) is 3.05. The lowest BCUT2D eigenvalue weighted by atomic mass is 10.0. The predicted octanol–water partition coefficient (Wildman–Crippen LogP) is 3.82. The summed E-state index contributed by atoms with van der Waals surface area (Å²) in [6, 6.07) is 18.3. The van der Waals surface area contributed by atoms with E-state index in [9.17, 15) is 4.79 Å². The van der Waals surface area contributed by atoms with Gasteiger partial charge in [-0.1, -0.05) is 48.5 Å². The highest BCUT2D eigenvalue weighted by molar-refractivity contribution is 7.97. The first-order valence-electron chi connectivity index (χ1n) is 8.92. The van der Waals surface area contributed by atoms with Crippen molar-refractivity contribution in [3.63, 3.8) is 0 Å². The summed E-state index contributed by atoms with van der Waals surface area (Å²) in [6.45, 7) is 2.64. The number of carbonyl (C=O) groups is 1. The van der Waals surface area contributed by atoms with Crippen LogP contribution in [-0.2, 0) is 11.5 Å². The Morgan fingerprint density at radius 2 is 1.85 bits per heavy atom. The van der Waals surface area contributed by atoms with E-state index in [2.05, 4.69) is 34.9 Å². The smallest absolute Gasteiger partial charge is 0.287 e. The maximum atomic E-state index is 12.7. The van der Waals surface area contributed by atoms with Gasteiger partial charge < -0.3 is 15.1 Å². The molecule has 0 spiro atoms. The van der Waals surface area contributed by atoms with Gasteiger partial charge in [-0.15, -0.1) is 0 Å². The van der Waals surface area contributed by atoms with Gasteiger partial charge in [0.15, 0.2) is 5.76 Å². The third kappa shape index (κ3) is 3.79. The molecule has 0 atom stereocenters. The van der Waals surface area contributed by atoms with Gasteiger partial charge in [-0.25, -0.2) is 0 Å². The summed E-state index contributed by atoms with van der Waals surface area (Å²) in [5.74, 6) is 2.54. The van der Waals surface area contributed by atoms with E-state index in [-0.39, 0.29) is 5.91 Å². The van der Waals surface area contributed by atoms with Crippen molar-refractivity contribution < 1.29 is 9.21 Å². The second-order valence-corrected chi connectivity index (χ2v) is 7.60. The van der Waals surface area contributed by atoms with Crippen LogP contribution in [0.3, 0.4) is 0 Å². The van der Waals surface area contributed by atoms with Gasteiger partial charge in [0, 0.05) is 48.0 Å².